The fraction of sp³-hybridized carbons (Fsp3) is 0. The average Bonchev–Trinajstić information content (AvgIpc) is 3.81. The van der Waals surface area contributed by atoms with E-state index in [4.69, 9.17) is 24.4 Å². The molecule has 0 saturated heterocycles. The maximum atomic E-state index is 6.91. The number of fused-ring (bicyclic) bond motifs is 16. The smallest absolute Gasteiger partial charge is 0.236 e. The summed E-state index contributed by atoms with van der Waals surface area (Å²) in [6.45, 7) is 0. The molecule has 7 aromatic carbocycles. The largest absolute Gasteiger partial charge is 0.454 e. The predicted octanol–water partition coefficient (Wildman–Crippen LogP) is 12.2. The lowest BCUT2D eigenvalue weighted by Gasteiger charge is -2.16. The predicted molar refractivity (Wildman–Crippen MR) is 220 cm³/mol. The first-order chi connectivity index (χ1) is 26.8. The Labute approximate surface area is 307 Å². The second-order valence-corrected chi connectivity index (χ2v) is 13.8. The van der Waals surface area contributed by atoms with Crippen LogP contribution in [0.3, 0.4) is 0 Å². The topological polar surface area (TPSA) is 69.6 Å². The van der Waals surface area contributed by atoms with Crippen molar-refractivity contribution in [3.63, 3.8) is 0 Å². The van der Waals surface area contributed by atoms with E-state index in [0.717, 1.165) is 110 Å². The third-order valence-corrected chi connectivity index (χ3v) is 10.9. The van der Waals surface area contributed by atoms with Crippen molar-refractivity contribution in [2.24, 2.45) is 0 Å². The molecule has 12 aromatic rings. The Morgan fingerprint density at radius 1 is 0.444 bits per heavy atom. The normalized spacial score (nSPS) is 12.1. The monoisotopic (exact) mass is 689 g/mol. The molecule has 0 radical (unpaired) electrons. The van der Waals surface area contributed by atoms with Gasteiger partial charge in [-0.05, 0) is 63.3 Å². The quantitative estimate of drug-likeness (QED) is 0.173. The molecule has 5 aromatic heterocycles. The number of rotatable bonds is 3. The minimum absolute atomic E-state index is 0.541. The molecule has 6 heteroatoms. The van der Waals surface area contributed by atoms with E-state index in [9.17, 15) is 0 Å². The standard InChI is InChI=1S/C48H27N5O/c1-3-15-31-29(13-1)30-14-2-6-18-34(30)44-43(31)45(38-21-10-12-26-50-38)52-48(51-44)53-39-27-28(37-20-9-11-25-49-37)23-24-35(39)41-32-16-4-5-17-33(32)42-36-19-7-8-22-40(36)54-47(42)46(41)53/h1-27H. The number of para-hydroxylation sites is 1. The lowest BCUT2D eigenvalue weighted by molar-refractivity contribution is 0.671. The van der Waals surface area contributed by atoms with Crippen LogP contribution in [0.4, 0.5) is 0 Å². The summed E-state index contributed by atoms with van der Waals surface area (Å²) < 4.78 is 9.12. The Hall–Kier alpha value is -7.44. The molecule has 0 fully saturated rings. The third kappa shape index (κ3) is 3.99. The van der Waals surface area contributed by atoms with Gasteiger partial charge in [0.2, 0.25) is 5.95 Å². The highest BCUT2D eigenvalue weighted by Gasteiger charge is 2.26. The van der Waals surface area contributed by atoms with Crippen molar-refractivity contribution in [3.05, 3.63) is 164 Å². The first kappa shape index (κ1) is 29.2. The van der Waals surface area contributed by atoms with Crippen LogP contribution in [0.2, 0.25) is 0 Å². The molecule has 0 spiro atoms. The van der Waals surface area contributed by atoms with Gasteiger partial charge in [-0.15, -0.1) is 0 Å². The lowest BCUT2D eigenvalue weighted by Crippen LogP contribution is -2.05. The van der Waals surface area contributed by atoms with E-state index < -0.39 is 0 Å². The van der Waals surface area contributed by atoms with Gasteiger partial charge < -0.3 is 4.42 Å². The second-order valence-electron chi connectivity index (χ2n) is 13.8. The zero-order valence-corrected chi connectivity index (χ0v) is 28.7. The zero-order chi connectivity index (χ0) is 35.3. The van der Waals surface area contributed by atoms with Crippen molar-refractivity contribution in [1.82, 2.24) is 24.5 Å². The molecular weight excluding hydrogens is 663 g/mol. The average molecular weight is 690 g/mol. The molecule has 0 aliphatic heterocycles. The Kier molecular flexibility index (Phi) is 5.96. The zero-order valence-electron chi connectivity index (χ0n) is 28.7. The van der Waals surface area contributed by atoms with Crippen LogP contribution in [0, 0.1) is 0 Å². The van der Waals surface area contributed by atoms with Crippen molar-refractivity contribution in [2.45, 2.75) is 0 Å². The second kappa shape index (κ2) is 11.0. The van der Waals surface area contributed by atoms with Crippen molar-refractivity contribution in [2.75, 3.05) is 0 Å². The van der Waals surface area contributed by atoms with Crippen molar-refractivity contribution in [3.8, 4) is 28.6 Å². The molecule has 0 N–H and O–H groups in total. The van der Waals surface area contributed by atoms with Gasteiger partial charge in [0, 0.05) is 50.3 Å². The number of furan rings is 1. The number of hydrogen-bond donors (Lipinski definition) is 0. The highest BCUT2D eigenvalue weighted by molar-refractivity contribution is 6.35. The number of benzene rings is 7. The first-order valence-electron chi connectivity index (χ1n) is 18.1. The van der Waals surface area contributed by atoms with E-state index in [1.807, 2.05) is 60.9 Å². The highest BCUT2D eigenvalue weighted by Crippen LogP contribution is 2.47. The molecule has 0 atom stereocenters. The lowest BCUT2D eigenvalue weighted by atomic mass is 9.95. The summed E-state index contributed by atoms with van der Waals surface area (Å²) in [7, 11) is 0. The Morgan fingerprint density at radius 2 is 1.04 bits per heavy atom. The maximum absolute atomic E-state index is 6.91. The van der Waals surface area contributed by atoms with Gasteiger partial charge in [-0.2, -0.15) is 0 Å². The van der Waals surface area contributed by atoms with E-state index in [0.29, 0.717) is 5.95 Å². The summed E-state index contributed by atoms with van der Waals surface area (Å²) in [4.78, 5) is 20.8. The molecule has 0 aliphatic carbocycles. The summed E-state index contributed by atoms with van der Waals surface area (Å²) in [5, 5.41) is 12.0. The van der Waals surface area contributed by atoms with Crippen molar-refractivity contribution < 1.29 is 4.42 Å². The molecule has 250 valence electrons. The Balaban J connectivity index is 1.34. The van der Waals surface area contributed by atoms with Gasteiger partial charge in [0.15, 0.2) is 5.58 Å². The van der Waals surface area contributed by atoms with E-state index >= 15 is 0 Å². The van der Waals surface area contributed by atoms with E-state index in [2.05, 4.69) is 108 Å². The van der Waals surface area contributed by atoms with Gasteiger partial charge >= 0.3 is 0 Å². The van der Waals surface area contributed by atoms with E-state index in [-0.39, 0.29) is 0 Å². The van der Waals surface area contributed by atoms with Gasteiger partial charge in [0.1, 0.15) is 16.8 Å². The fourth-order valence-electron chi connectivity index (χ4n) is 8.62. The summed E-state index contributed by atoms with van der Waals surface area (Å²) >= 11 is 0. The third-order valence-electron chi connectivity index (χ3n) is 10.9. The molecule has 6 nitrogen and oxygen atoms in total. The van der Waals surface area contributed by atoms with Gasteiger partial charge in [0.25, 0.3) is 0 Å². The molecule has 0 unspecified atom stereocenters. The summed E-state index contributed by atoms with van der Waals surface area (Å²) in [6, 6.07) is 52.6. The molecular formula is C48H27N5O. The molecule has 54 heavy (non-hydrogen) atoms. The molecule has 5 heterocycles. The van der Waals surface area contributed by atoms with Crippen LogP contribution < -0.4 is 0 Å². The number of hydrogen-bond acceptors (Lipinski definition) is 5. The van der Waals surface area contributed by atoms with E-state index in [1.54, 1.807) is 0 Å². The van der Waals surface area contributed by atoms with Gasteiger partial charge in [-0.25, -0.2) is 9.97 Å². The van der Waals surface area contributed by atoms with Crippen LogP contribution in [0.1, 0.15) is 0 Å². The fourth-order valence-corrected chi connectivity index (χ4v) is 8.62. The number of aromatic nitrogens is 5. The van der Waals surface area contributed by atoms with Crippen LogP contribution in [-0.4, -0.2) is 24.5 Å². The van der Waals surface area contributed by atoms with Gasteiger partial charge in [-0.1, -0.05) is 115 Å². The van der Waals surface area contributed by atoms with Crippen LogP contribution in [0.15, 0.2) is 168 Å². The number of pyridine rings is 2. The van der Waals surface area contributed by atoms with Crippen molar-refractivity contribution >= 4 is 87.0 Å². The van der Waals surface area contributed by atoms with E-state index in [1.165, 1.54) is 0 Å². The van der Waals surface area contributed by atoms with Crippen LogP contribution >= 0.6 is 0 Å². The van der Waals surface area contributed by atoms with Gasteiger partial charge in [-0.3, -0.25) is 14.5 Å². The van der Waals surface area contributed by atoms with Gasteiger partial charge in [0.05, 0.1) is 22.4 Å². The SMILES string of the molecule is c1ccc(-c2ccc3c4c5ccccc5c5c6ccccc6oc5c4n(-c4nc(-c5ccccn5)c5c6ccccc6c6ccccc6c5n4)c3c2)nc1. The Bertz CT molecular complexity index is 3500. The number of nitrogens with zero attached hydrogens (tertiary/aromatic N) is 5. The molecule has 0 saturated carbocycles. The summed E-state index contributed by atoms with van der Waals surface area (Å²) in [5.74, 6) is 0.541. The first-order valence-corrected chi connectivity index (χ1v) is 18.1. The van der Waals surface area contributed by atoms with Crippen LogP contribution in [-0.2, 0) is 0 Å². The molecule has 0 amide bonds. The summed E-state index contributed by atoms with van der Waals surface area (Å²) in [5.41, 5.74) is 7.82. The molecule has 0 aliphatic rings. The van der Waals surface area contributed by atoms with Crippen LogP contribution in [0.5, 0.6) is 0 Å². The van der Waals surface area contributed by atoms with Crippen molar-refractivity contribution in [1.29, 1.82) is 0 Å². The maximum Gasteiger partial charge on any atom is 0.236 e. The van der Waals surface area contributed by atoms with Crippen LogP contribution in [0.25, 0.3) is 116 Å². The minimum atomic E-state index is 0.541. The Morgan fingerprint density at radius 3 is 1.76 bits per heavy atom. The molecule has 12 rings (SSSR count). The summed E-state index contributed by atoms with van der Waals surface area (Å²) in [6.07, 6.45) is 3.66. The minimum Gasteiger partial charge on any atom is -0.454 e. The highest BCUT2D eigenvalue weighted by atomic mass is 16.3. The molecule has 0 bridgehead atoms.